The first-order valence-corrected chi connectivity index (χ1v) is 8.39. The molecule has 0 radical (unpaired) electrons. The largest absolute Gasteiger partial charge is 0.496 e. The molecule has 0 atom stereocenters. The average molecular weight is 364 g/mol. The fraction of sp³-hybridized carbons (Fsp3) is 0.200. The summed E-state index contributed by atoms with van der Waals surface area (Å²) in [4.78, 5) is 11.1. The third-order valence-electron chi connectivity index (χ3n) is 3.18. The van der Waals surface area contributed by atoms with Gasteiger partial charge in [0.2, 0.25) is 5.91 Å². The molecule has 1 aromatic heterocycles. The Bertz CT molecular complexity index is 818. The fourth-order valence-electron chi connectivity index (χ4n) is 2.13. The Morgan fingerprint density at radius 3 is 3.08 bits per heavy atom. The number of carbonyl (C=O) groups excluding carboxylic acids is 1. The monoisotopic (exact) mass is 363 g/mol. The highest BCUT2D eigenvalue weighted by Gasteiger charge is 2.15. The molecule has 1 amide bonds. The van der Waals surface area contributed by atoms with Gasteiger partial charge < -0.3 is 10.1 Å². The molecule has 1 aromatic carbocycles. The van der Waals surface area contributed by atoms with Gasteiger partial charge >= 0.3 is 0 Å². The van der Waals surface area contributed by atoms with Gasteiger partial charge in [0.05, 0.1) is 36.8 Å². The Morgan fingerprint density at radius 1 is 1.54 bits per heavy atom. The van der Waals surface area contributed by atoms with Crippen LogP contribution in [0.15, 0.2) is 40.8 Å². The van der Waals surface area contributed by atoms with Crippen molar-refractivity contribution in [1.29, 1.82) is 0 Å². The number of aromatic nitrogens is 2. The molecular weight excluding hydrogens is 350 g/mol. The highest BCUT2D eigenvalue weighted by atomic mass is 35.5. The van der Waals surface area contributed by atoms with Crippen molar-refractivity contribution in [3.8, 4) is 5.75 Å². The SMILES string of the molecule is COc1ccc(C=NN=C2NC(=O)CS2)cc1Cn1cc(Cl)cn1. The predicted octanol–water partition coefficient (Wildman–Crippen LogP) is 2.15. The maximum absolute atomic E-state index is 11.1. The second-order valence-electron chi connectivity index (χ2n) is 4.91. The highest BCUT2D eigenvalue weighted by molar-refractivity contribution is 8.15. The van der Waals surface area contributed by atoms with E-state index in [-0.39, 0.29) is 5.91 Å². The summed E-state index contributed by atoms with van der Waals surface area (Å²) in [6.07, 6.45) is 4.95. The number of ether oxygens (including phenoxy) is 1. The molecule has 124 valence electrons. The number of benzene rings is 1. The summed E-state index contributed by atoms with van der Waals surface area (Å²) in [6, 6.07) is 5.68. The van der Waals surface area contributed by atoms with Gasteiger partial charge in [0.25, 0.3) is 0 Å². The minimum Gasteiger partial charge on any atom is -0.496 e. The quantitative estimate of drug-likeness (QED) is 0.652. The van der Waals surface area contributed by atoms with Gasteiger partial charge in [-0.3, -0.25) is 9.48 Å². The summed E-state index contributed by atoms with van der Waals surface area (Å²) in [5.74, 6) is 1.08. The molecule has 9 heteroatoms. The number of halogens is 1. The number of nitrogens with zero attached hydrogens (tertiary/aromatic N) is 4. The van der Waals surface area contributed by atoms with Crippen LogP contribution >= 0.6 is 23.4 Å². The zero-order valence-electron chi connectivity index (χ0n) is 12.8. The molecule has 1 aliphatic heterocycles. The lowest BCUT2D eigenvalue weighted by Crippen LogP contribution is -2.19. The van der Waals surface area contributed by atoms with E-state index in [0.717, 1.165) is 16.9 Å². The van der Waals surface area contributed by atoms with Gasteiger partial charge in [-0.05, 0) is 23.8 Å². The molecule has 3 rings (SSSR count). The van der Waals surface area contributed by atoms with Crippen LogP contribution in [0.5, 0.6) is 5.75 Å². The fourth-order valence-corrected chi connectivity index (χ4v) is 2.92. The predicted molar refractivity (Wildman–Crippen MR) is 95.0 cm³/mol. The summed E-state index contributed by atoms with van der Waals surface area (Å²) in [7, 11) is 1.62. The second-order valence-corrected chi connectivity index (χ2v) is 6.31. The van der Waals surface area contributed by atoms with Gasteiger partial charge in [-0.25, -0.2) is 0 Å². The highest BCUT2D eigenvalue weighted by Crippen LogP contribution is 2.21. The molecule has 0 bridgehead atoms. The Hall–Kier alpha value is -2.32. The number of amides is 1. The molecular formula is C15H14ClN5O2S. The van der Waals surface area contributed by atoms with E-state index < -0.39 is 0 Å². The van der Waals surface area contributed by atoms with Crippen molar-refractivity contribution in [1.82, 2.24) is 15.1 Å². The molecule has 7 nitrogen and oxygen atoms in total. The maximum atomic E-state index is 11.1. The van der Waals surface area contributed by atoms with Crippen molar-refractivity contribution in [2.24, 2.45) is 10.2 Å². The van der Waals surface area contributed by atoms with Crippen LogP contribution in [-0.4, -0.2) is 39.9 Å². The molecule has 0 spiro atoms. The Labute approximate surface area is 147 Å². The van der Waals surface area contributed by atoms with Crippen molar-refractivity contribution in [3.05, 3.63) is 46.7 Å². The van der Waals surface area contributed by atoms with Gasteiger partial charge in [0.1, 0.15) is 5.75 Å². The summed E-state index contributed by atoms with van der Waals surface area (Å²) < 4.78 is 7.11. The van der Waals surface area contributed by atoms with Crippen LogP contribution in [0, 0.1) is 0 Å². The van der Waals surface area contributed by atoms with E-state index in [1.807, 2.05) is 18.2 Å². The lowest BCUT2D eigenvalue weighted by molar-refractivity contribution is -0.116. The van der Waals surface area contributed by atoms with Gasteiger partial charge in [0, 0.05) is 11.8 Å². The number of hydrogen-bond donors (Lipinski definition) is 1. The van der Waals surface area contributed by atoms with E-state index >= 15 is 0 Å². The summed E-state index contributed by atoms with van der Waals surface area (Å²) in [5.41, 5.74) is 1.81. The zero-order valence-corrected chi connectivity index (χ0v) is 14.3. The minimum atomic E-state index is -0.0569. The standard InChI is InChI=1S/C15H14ClN5O2S/c1-23-13-3-2-10(5-17-20-15-19-14(22)9-24-15)4-11(13)7-21-8-12(16)6-18-21/h2-6,8H,7,9H2,1H3,(H,19,20,22). The van der Waals surface area contributed by atoms with Gasteiger partial charge in [0.15, 0.2) is 5.17 Å². The first-order chi connectivity index (χ1) is 11.6. The molecule has 2 heterocycles. The summed E-state index contributed by atoms with van der Waals surface area (Å²) in [5, 5.41) is 15.9. The third-order valence-corrected chi connectivity index (χ3v) is 4.24. The molecule has 0 saturated carbocycles. The van der Waals surface area contributed by atoms with E-state index in [9.17, 15) is 4.79 Å². The number of thioether (sulfide) groups is 1. The number of nitrogens with one attached hydrogen (secondary N) is 1. The van der Waals surface area contributed by atoms with Crippen LogP contribution in [0.4, 0.5) is 0 Å². The van der Waals surface area contributed by atoms with E-state index in [1.54, 1.807) is 30.4 Å². The molecule has 2 aromatic rings. The summed E-state index contributed by atoms with van der Waals surface area (Å²) in [6.45, 7) is 0.526. The van der Waals surface area contributed by atoms with Crippen LogP contribution in [0.25, 0.3) is 0 Å². The molecule has 0 unspecified atom stereocenters. The normalized spacial score (nSPS) is 16.1. The average Bonchev–Trinajstić information content (AvgIpc) is 3.16. The van der Waals surface area contributed by atoms with Gasteiger partial charge in [-0.2, -0.15) is 10.2 Å². The van der Waals surface area contributed by atoms with Crippen LogP contribution in [-0.2, 0) is 11.3 Å². The van der Waals surface area contributed by atoms with Crippen LogP contribution in [0.3, 0.4) is 0 Å². The Kier molecular flexibility index (Phi) is 5.17. The zero-order chi connectivity index (χ0) is 16.9. The number of carbonyl (C=O) groups is 1. The first-order valence-electron chi connectivity index (χ1n) is 7.02. The van der Waals surface area contributed by atoms with E-state index in [4.69, 9.17) is 16.3 Å². The molecule has 1 aliphatic rings. The lowest BCUT2D eigenvalue weighted by Gasteiger charge is -2.09. The Morgan fingerprint density at radius 2 is 2.42 bits per heavy atom. The van der Waals surface area contributed by atoms with Gasteiger partial charge in [-0.1, -0.05) is 23.4 Å². The molecule has 1 N–H and O–H groups in total. The maximum Gasteiger partial charge on any atom is 0.236 e. The smallest absolute Gasteiger partial charge is 0.236 e. The van der Waals surface area contributed by atoms with Crippen molar-refractivity contribution >= 4 is 40.7 Å². The summed E-state index contributed by atoms with van der Waals surface area (Å²) >= 11 is 7.22. The van der Waals surface area contributed by atoms with E-state index in [1.165, 1.54) is 11.8 Å². The molecule has 24 heavy (non-hydrogen) atoms. The van der Waals surface area contributed by atoms with Crippen LogP contribution in [0.2, 0.25) is 5.02 Å². The second kappa shape index (κ2) is 7.50. The molecule has 1 saturated heterocycles. The van der Waals surface area contributed by atoms with Crippen LogP contribution in [0.1, 0.15) is 11.1 Å². The van der Waals surface area contributed by atoms with E-state index in [0.29, 0.717) is 22.5 Å². The molecule has 0 aliphatic carbocycles. The Balaban J connectivity index is 1.76. The topological polar surface area (TPSA) is 80.9 Å². The van der Waals surface area contributed by atoms with Gasteiger partial charge in [-0.15, -0.1) is 5.10 Å². The number of methoxy groups -OCH3 is 1. The van der Waals surface area contributed by atoms with E-state index in [2.05, 4.69) is 20.6 Å². The first kappa shape index (κ1) is 16.5. The van der Waals surface area contributed by atoms with Crippen molar-refractivity contribution in [3.63, 3.8) is 0 Å². The minimum absolute atomic E-state index is 0.0569. The lowest BCUT2D eigenvalue weighted by atomic mass is 10.1. The van der Waals surface area contributed by atoms with Crippen molar-refractivity contribution in [2.75, 3.05) is 12.9 Å². The number of hydrogen-bond acceptors (Lipinski definition) is 6. The number of rotatable bonds is 5. The molecule has 1 fully saturated rings. The van der Waals surface area contributed by atoms with Crippen molar-refractivity contribution < 1.29 is 9.53 Å². The van der Waals surface area contributed by atoms with Crippen LogP contribution < -0.4 is 10.1 Å². The number of amidine groups is 1. The third kappa shape index (κ3) is 4.15. The van der Waals surface area contributed by atoms with Crippen molar-refractivity contribution in [2.45, 2.75) is 6.54 Å².